The Labute approximate surface area is 150 Å². The molecule has 0 heterocycles. The average molecular weight is 358 g/mol. The number of amides is 2. The molecule has 0 atom stereocenters. The van der Waals surface area contributed by atoms with Crippen molar-refractivity contribution in [2.75, 3.05) is 13.1 Å². The molecule has 0 saturated heterocycles. The van der Waals surface area contributed by atoms with E-state index >= 15 is 0 Å². The van der Waals surface area contributed by atoms with Crippen LogP contribution in [0.1, 0.15) is 35.2 Å². The normalized spacial score (nSPS) is 14.5. The van der Waals surface area contributed by atoms with Crippen LogP contribution >= 0.6 is 0 Å². The molecule has 1 aliphatic carbocycles. The fourth-order valence-electron chi connectivity index (χ4n) is 2.92. The maximum atomic E-state index is 13.5. The van der Waals surface area contributed by atoms with Crippen LogP contribution in [0.15, 0.2) is 48.5 Å². The summed E-state index contributed by atoms with van der Waals surface area (Å²) in [6, 6.07) is 12.8. The van der Waals surface area contributed by atoms with Crippen LogP contribution in [0.25, 0.3) is 0 Å². The molecule has 0 radical (unpaired) electrons. The van der Waals surface area contributed by atoms with E-state index in [2.05, 4.69) is 22.8 Å². The standard InChI is InChI=1S/C20H20F2N2O2/c21-15-6-7-16(17(22)12-15)19(26)23-11-8-18(25)24-13-20(9-10-20)14-4-2-1-3-5-14/h1-7,12H,8-11,13H2,(H,23,26)(H,24,25). The second kappa shape index (κ2) is 7.64. The van der Waals surface area contributed by atoms with E-state index in [0.717, 1.165) is 25.0 Å². The highest BCUT2D eigenvalue weighted by molar-refractivity contribution is 5.94. The SMILES string of the molecule is O=C(CCNC(=O)c1ccc(F)cc1F)NCC1(c2ccccc2)CC1. The zero-order valence-electron chi connectivity index (χ0n) is 14.2. The van der Waals surface area contributed by atoms with Crippen LogP contribution in [0.5, 0.6) is 0 Å². The van der Waals surface area contributed by atoms with Crippen LogP contribution in [0.2, 0.25) is 0 Å². The number of nitrogens with one attached hydrogen (secondary N) is 2. The Morgan fingerprint density at radius 3 is 2.38 bits per heavy atom. The molecule has 2 N–H and O–H groups in total. The van der Waals surface area contributed by atoms with Crippen LogP contribution in [0.3, 0.4) is 0 Å². The number of carbonyl (C=O) groups is 2. The van der Waals surface area contributed by atoms with E-state index in [-0.39, 0.29) is 29.9 Å². The number of rotatable bonds is 7. The van der Waals surface area contributed by atoms with Gasteiger partial charge in [0.2, 0.25) is 5.91 Å². The molecule has 0 unspecified atom stereocenters. The van der Waals surface area contributed by atoms with Gasteiger partial charge >= 0.3 is 0 Å². The molecular weight excluding hydrogens is 338 g/mol. The Bertz CT molecular complexity index is 805. The van der Waals surface area contributed by atoms with Crippen molar-refractivity contribution in [3.05, 3.63) is 71.3 Å². The van der Waals surface area contributed by atoms with Crippen LogP contribution in [-0.2, 0) is 10.2 Å². The predicted molar refractivity (Wildman–Crippen MR) is 93.7 cm³/mol. The van der Waals surface area contributed by atoms with Crippen LogP contribution in [0.4, 0.5) is 8.78 Å². The van der Waals surface area contributed by atoms with Crippen molar-refractivity contribution in [2.24, 2.45) is 0 Å². The number of halogens is 2. The molecule has 2 aromatic rings. The van der Waals surface area contributed by atoms with Crippen molar-refractivity contribution in [3.8, 4) is 0 Å². The van der Waals surface area contributed by atoms with Crippen molar-refractivity contribution in [1.82, 2.24) is 10.6 Å². The van der Waals surface area contributed by atoms with E-state index in [9.17, 15) is 18.4 Å². The van der Waals surface area contributed by atoms with Crippen molar-refractivity contribution < 1.29 is 18.4 Å². The fourth-order valence-corrected chi connectivity index (χ4v) is 2.92. The summed E-state index contributed by atoms with van der Waals surface area (Å²) in [5.41, 5.74) is 1.01. The molecule has 0 aromatic heterocycles. The second-order valence-electron chi connectivity index (χ2n) is 6.55. The zero-order valence-corrected chi connectivity index (χ0v) is 14.2. The molecular formula is C20H20F2N2O2. The van der Waals surface area contributed by atoms with Gasteiger partial charge in [-0.15, -0.1) is 0 Å². The van der Waals surface area contributed by atoms with E-state index in [4.69, 9.17) is 0 Å². The zero-order chi connectivity index (χ0) is 18.6. The van der Waals surface area contributed by atoms with Crippen molar-refractivity contribution in [1.29, 1.82) is 0 Å². The first kappa shape index (κ1) is 18.0. The second-order valence-corrected chi connectivity index (χ2v) is 6.55. The van der Waals surface area contributed by atoms with Gasteiger partial charge in [0.25, 0.3) is 5.91 Å². The summed E-state index contributed by atoms with van der Waals surface area (Å²) in [6.07, 6.45) is 2.18. The Balaban J connectivity index is 1.43. The molecule has 6 heteroatoms. The summed E-state index contributed by atoms with van der Waals surface area (Å²) >= 11 is 0. The maximum absolute atomic E-state index is 13.5. The Morgan fingerprint density at radius 2 is 1.73 bits per heavy atom. The molecule has 0 spiro atoms. The molecule has 0 bridgehead atoms. The summed E-state index contributed by atoms with van der Waals surface area (Å²) in [5.74, 6) is -2.51. The summed E-state index contributed by atoms with van der Waals surface area (Å²) in [7, 11) is 0. The van der Waals surface area contributed by atoms with E-state index in [1.165, 1.54) is 5.56 Å². The smallest absolute Gasteiger partial charge is 0.254 e. The molecule has 1 saturated carbocycles. The molecule has 26 heavy (non-hydrogen) atoms. The van der Waals surface area contributed by atoms with Crippen LogP contribution in [0, 0.1) is 11.6 Å². The lowest BCUT2D eigenvalue weighted by atomic mass is 9.96. The van der Waals surface area contributed by atoms with Gasteiger partial charge in [0.1, 0.15) is 11.6 Å². The first-order valence-corrected chi connectivity index (χ1v) is 8.56. The lowest BCUT2D eigenvalue weighted by molar-refractivity contribution is -0.121. The van der Waals surface area contributed by atoms with Crippen LogP contribution in [-0.4, -0.2) is 24.9 Å². The first-order valence-electron chi connectivity index (χ1n) is 8.56. The monoisotopic (exact) mass is 358 g/mol. The minimum Gasteiger partial charge on any atom is -0.355 e. The molecule has 2 amide bonds. The maximum Gasteiger partial charge on any atom is 0.254 e. The van der Waals surface area contributed by atoms with Crippen molar-refractivity contribution in [3.63, 3.8) is 0 Å². The number of carbonyl (C=O) groups excluding carboxylic acids is 2. The topological polar surface area (TPSA) is 58.2 Å². The molecule has 1 fully saturated rings. The average Bonchev–Trinajstić information content (AvgIpc) is 3.42. The third-order valence-electron chi connectivity index (χ3n) is 4.68. The number of benzene rings is 2. The molecule has 1 aliphatic rings. The minimum atomic E-state index is -0.925. The van der Waals surface area contributed by atoms with Gasteiger partial charge in [-0.2, -0.15) is 0 Å². The Morgan fingerprint density at radius 1 is 1.00 bits per heavy atom. The third-order valence-corrected chi connectivity index (χ3v) is 4.68. The fraction of sp³-hybridized carbons (Fsp3) is 0.300. The van der Waals surface area contributed by atoms with E-state index in [1.807, 2.05) is 18.2 Å². The molecule has 4 nitrogen and oxygen atoms in total. The van der Waals surface area contributed by atoms with Crippen molar-refractivity contribution in [2.45, 2.75) is 24.7 Å². The van der Waals surface area contributed by atoms with Gasteiger partial charge < -0.3 is 10.6 Å². The molecule has 3 rings (SSSR count). The summed E-state index contributed by atoms with van der Waals surface area (Å²) in [5, 5.41) is 5.37. The largest absolute Gasteiger partial charge is 0.355 e. The lowest BCUT2D eigenvalue weighted by Gasteiger charge is -2.16. The van der Waals surface area contributed by atoms with E-state index < -0.39 is 17.5 Å². The number of hydrogen-bond donors (Lipinski definition) is 2. The highest BCUT2D eigenvalue weighted by Crippen LogP contribution is 2.47. The van der Waals surface area contributed by atoms with Gasteiger partial charge in [0, 0.05) is 31.0 Å². The molecule has 136 valence electrons. The third kappa shape index (κ3) is 4.25. The van der Waals surface area contributed by atoms with Gasteiger partial charge in [-0.05, 0) is 30.5 Å². The number of hydrogen-bond acceptors (Lipinski definition) is 2. The molecule has 0 aliphatic heterocycles. The minimum absolute atomic E-state index is 0.0252. The summed E-state index contributed by atoms with van der Waals surface area (Å²) in [4.78, 5) is 23.9. The predicted octanol–water partition coefficient (Wildman–Crippen LogP) is 2.93. The highest BCUT2D eigenvalue weighted by atomic mass is 19.1. The van der Waals surface area contributed by atoms with Gasteiger partial charge in [-0.1, -0.05) is 30.3 Å². The Kier molecular flexibility index (Phi) is 5.30. The lowest BCUT2D eigenvalue weighted by Crippen LogP contribution is -2.35. The summed E-state index contributed by atoms with van der Waals surface area (Å²) < 4.78 is 26.4. The van der Waals surface area contributed by atoms with E-state index in [0.29, 0.717) is 12.6 Å². The van der Waals surface area contributed by atoms with Crippen molar-refractivity contribution >= 4 is 11.8 Å². The van der Waals surface area contributed by atoms with Gasteiger partial charge in [-0.25, -0.2) is 8.78 Å². The quantitative estimate of drug-likeness (QED) is 0.800. The van der Waals surface area contributed by atoms with Gasteiger partial charge in [0.05, 0.1) is 5.56 Å². The molecule has 2 aromatic carbocycles. The van der Waals surface area contributed by atoms with Crippen LogP contribution < -0.4 is 10.6 Å². The van der Waals surface area contributed by atoms with Gasteiger partial charge in [0.15, 0.2) is 0 Å². The first-order chi connectivity index (χ1) is 12.5. The highest BCUT2D eigenvalue weighted by Gasteiger charge is 2.44. The van der Waals surface area contributed by atoms with Gasteiger partial charge in [-0.3, -0.25) is 9.59 Å². The Hall–Kier alpha value is -2.76. The van der Waals surface area contributed by atoms with E-state index in [1.54, 1.807) is 0 Å². The summed E-state index contributed by atoms with van der Waals surface area (Å²) in [6.45, 7) is 0.649.